The minimum atomic E-state index is -3.90. The highest BCUT2D eigenvalue weighted by Gasteiger charge is 2.32. The number of aromatic nitrogens is 1. The van der Waals surface area contributed by atoms with Crippen LogP contribution in [0.15, 0.2) is 23.2 Å². The third-order valence-electron chi connectivity index (χ3n) is 2.34. The third kappa shape index (κ3) is 3.03. The number of hydrogen-bond acceptors (Lipinski definition) is 5. The smallest absolute Gasteiger partial charge is 0.243 e. The number of rotatable bonds is 5. The fraction of sp³-hybridized carbons (Fsp3) is 0.400. The maximum absolute atomic E-state index is 12.1. The normalized spacial score (nSPS) is 12.4. The number of pyridine rings is 1. The van der Waals surface area contributed by atoms with Gasteiger partial charge in [0.25, 0.3) is 0 Å². The first-order chi connectivity index (χ1) is 8.20. The van der Waals surface area contributed by atoms with Crippen molar-refractivity contribution in [2.45, 2.75) is 30.8 Å². The predicted octanol–water partition coefficient (Wildman–Crippen LogP) is -0.917. The molecule has 8 heteroatoms. The molecule has 1 aromatic rings. The van der Waals surface area contributed by atoms with E-state index in [4.69, 9.17) is 11.5 Å². The van der Waals surface area contributed by atoms with E-state index in [9.17, 15) is 13.2 Å². The van der Waals surface area contributed by atoms with E-state index in [1.165, 1.54) is 32.2 Å². The van der Waals surface area contributed by atoms with Crippen LogP contribution in [-0.4, -0.2) is 24.8 Å². The van der Waals surface area contributed by atoms with Crippen LogP contribution in [0, 0.1) is 0 Å². The van der Waals surface area contributed by atoms with Gasteiger partial charge in [-0.05, 0) is 26.0 Å². The second-order valence-corrected chi connectivity index (χ2v) is 5.90. The molecular weight excluding hydrogens is 256 g/mol. The summed E-state index contributed by atoms with van der Waals surface area (Å²) < 4.78 is 26.5. The summed E-state index contributed by atoms with van der Waals surface area (Å²) in [5.74, 6) is -0.774. The zero-order valence-electron chi connectivity index (χ0n) is 10.2. The second-order valence-electron chi connectivity index (χ2n) is 4.25. The first kappa shape index (κ1) is 14.6. The Balaban J connectivity index is 3.19. The zero-order valence-corrected chi connectivity index (χ0v) is 11.0. The molecule has 0 spiro atoms. The standard InChI is InChI=1S/C10H16N4O3S/c1-10(2,9(12)15)14-18(16,17)8-4-3-5-13-7(8)6-11/h3-5,14H,6,11H2,1-2H3,(H2,12,15). The molecular formula is C10H16N4O3S. The maximum Gasteiger partial charge on any atom is 0.243 e. The lowest BCUT2D eigenvalue weighted by Crippen LogP contribution is -2.53. The molecule has 1 heterocycles. The SMILES string of the molecule is CC(C)(NS(=O)(=O)c1cccnc1CN)C(N)=O. The van der Waals surface area contributed by atoms with Crippen molar-refractivity contribution < 1.29 is 13.2 Å². The van der Waals surface area contributed by atoms with E-state index in [0.29, 0.717) is 0 Å². The van der Waals surface area contributed by atoms with E-state index in [1.54, 1.807) is 0 Å². The zero-order chi connectivity index (χ0) is 14.0. The third-order valence-corrected chi connectivity index (χ3v) is 4.07. The number of carbonyl (C=O) groups excluding carboxylic acids is 1. The number of nitrogens with zero attached hydrogens (tertiary/aromatic N) is 1. The molecule has 0 radical (unpaired) electrons. The Hall–Kier alpha value is -1.51. The summed E-state index contributed by atoms with van der Waals surface area (Å²) in [6, 6.07) is 2.85. The average molecular weight is 272 g/mol. The van der Waals surface area contributed by atoms with Crippen molar-refractivity contribution in [2.75, 3.05) is 0 Å². The van der Waals surface area contributed by atoms with Gasteiger partial charge in [0.05, 0.1) is 5.69 Å². The molecule has 0 bridgehead atoms. The molecule has 1 rings (SSSR count). The van der Waals surface area contributed by atoms with Crippen molar-refractivity contribution in [1.29, 1.82) is 0 Å². The highest BCUT2D eigenvalue weighted by Crippen LogP contribution is 2.15. The van der Waals surface area contributed by atoms with Gasteiger partial charge in [0.2, 0.25) is 15.9 Å². The fourth-order valence-electron chi connectivity index (χ4n) is 1.26. The Morgan fingerprint density at radius 1 is 1.50 bits per heavy atom. The van der Waals surface area contributed by atoms with Gasteiger partial charge in [-0.1, -0.05) is 0 Å². The van der Waals surface area contributed by atoms with Gasteiger partial charge in [0.1, 0.15) is 10.4 Å². The van der Waals surface area contributed by atoms with Crippen LogP contribution in [0.4, 0.5) is 0 Å². The lowest BCUT2D eigenvalue weighted by Gasteiger charge is -2.22. The summed E-state index contributed by atoms with van der Waals surface area (Å²) in [7, 11) is -3.90. The van der Waals surface area contributed by atoms with Crippen molar-refractivity contribution in [3.05, 3.63) is 24.0 Å². The molecule has 0 fully saturated rings. The Bertz CT molecular complexity index is 554. The van der Waals surface area contributed by atoms with Gasteiger partial charge in [-0.25, -0.2) is 8.42 Å². The Morgan fingerprint density at radius 3 is 2.61 bits per heavy atom. The van der Waals surface area contributed by atoms with Gasteiger partial charge in [0, 0.05) is 12.7 Å². The molecule has 0 aliphatic rings. The monoisotopic (exact) mass is 272 g/mol. The van der Waals surface area contributed by atoms with Gasteiger partial charge >= 0.3 is 0 Å². The molecule has 0 atom stereocenters. The molecule has 7 nitrogen and oxygen atoms in total. The van der Waals surface area contributed by atoms with Crippen molar-refractivity contribution in [1.82, 2.24) is 9.71 Å². The summed E-state index contributed by atoms with van der Waals surface area (Å²) in [5, 5.41) is 0. The van der Waals surface area contributed by atoms with E-state index in [2.05, 4.69) is 9.71 Å². The van der Waals surface area contributed by atoms with Crippen molar-refractivity contribution in [3.8, 4) is 0 Å². The van der Waals surface area contributed by atoms with Gasteiger partial charge in [0.15, 0.2) is 0 Å². The minimum absolute atomic E-state index is 0.0198. The summed E-state index contributed by atoms with van der Waals surface area (Å²) in [4.78, 5) is 15.0. The molecule has 0 aliphatic heterocycles. The second kappa shape index (κ2) is 5.01. The van der Waals surface area contributed by atoms with E-state index in [1.807, 2.05) is 0 Å². The number of hydrogen-bond donors (Lipinski definition) is 3. The van der Waals surface area contributed by atoms with Crippen LogP contribution >= 0.6 is 0 Å². The van der Waals surface area contributed by atoms with E-state index < -0.39 is 21.5 Å². The quantitative estimate of drug-likeness (QED) is 0.638. The Kier molecular flexibility index (Phi) is 4.05. The lowest BCUT2D eigenvalue weighted by molar-refractivity contribution is -0.122. The molecule has 1 amide bonds. The summed E-state index contributed by atoms with van der Waals surface area (Å²) in [5.41, 5.74) is 9.38. The highest BCUT2D eigenvalue weighted by atomic mass is 32.2. The van der Waals surface area contributed by atoms with Crippen molar-refractivity contribution in [3.63, 3.8) is 0 Å². The van der Waals surface area contributed by atoms with Crippen molar-refractivity contribution >= 4 is 15.9 Å². The van der Waals surface area contributed by atoms with E-state index in [0.717, 1.165) is 0 Å². The molecule has 0 unspecified atom stereocenters. The Morgan fingerprint density at radius 2 is 2.11 bits per heavy atom. The average Bonchev–Trinajstić information content (AvgIpc) is 2.27. The van der Waals surface area contributed by atoms with Crippen LogP contribution in [0.5, 0.6) is 0 Å². The lowest BCUT2D eigenvalue weighted by atomic mass is 10.1. The van der Waals surface area contributed by atoms with Gasteiger partial charge < -0.3 is 11.5 Å². The molecule has 0 aliphatic carbocycles. The van der Waals surface area contributed by atoms with E-state index in [-0.39, 0.29) is 17.1 Å². The van der Waals surface area contributed by atoms with Gasteiger partial charge in [-0.3, -0.25) is 9.78 Å². The van der Waals surface area contributed by atoms with Crippen LogP contribution in [0.1, 0.15) is 19.5 Å². The molecule has 0 aromatic carbocycles. The minimum Gasteiger partial charge on any atom is -0.368 e. The number of sulfonamides is 1. The first-order valence-corrected chi connectivity index (χ1v) is 6.67. The summed E-state index contributed by atoms with van der Waals surface area (Å²) >= 11 is 0. The van der Waals surface area contributed by atoms with Crippen LogP contribution in [-0.2, 0) is 21.4 Å². The maximum atomic E-state index is 12.1. The molecule has 5 N–H and O–H groups in total. The van der Waals surface area contributed by atoms with Gasteiger partial charge in [-0.15, -0.1) is 0 Å². The van der Waals surface area contributed by atoms with Crippen LogP contribution in [0.25, 0.3) is 0 Å². The number of amides is 1. The molecule has 0 saturated carbocycles. The highest BCUT2D eigenvalue weighted by molar-refractivity contribution is 7.89. The number of nitrogens with one attached hydrogen (secondary N) is 1. The number of nitrogens with two attached hydrogens (primary N) is 2. The molecule has 1 aromatic heterocycles. The van der Waals surface area contributed by atoms with E-state index >= 15 is 0 Å². The summed E-state index contributed by atoms with van der Waals surface area (Å²) in [6.45, 7) is 2.74. The number of carbonyl (C=O) groups is 1. The van der Waals surface area contributed by atoms with Crippen LogP contribution in [0.3, 0.4) is 0 Å². The summed E-state index contributed by atoms with van der Waals surface area (Å²) in [6.07, 6.45) is 1.44. The van der Waals surface area contributed by atoms with Crippen molar-refractivity contribution in [2.24, 2.45) is 11.5 Å². The fourth-order valence-corrected chi connectivity index (χ4v) is 2.85. The Labute approximate surface area is 106 Å². The number of primary amides is 1. The largest absolute Gasteiger partial charge is 0.368 e. The molecule has 0 saturated heterocycles. The molecule has 18 heavy (non-hydrogen) atoms. The van der Waals surface area contributed by atoms with Crippen LogP contribution < -0.4 is 16.2 Å². The predicted molar refractivity (Wildman–Crippen MR) is 65.7 cm³/mol. The first-order valence-electron chi connectivity index (χ1n) is 5.18. The van der Waals surface area contributed by atoms with Crippen LogP contribution in [0.2, 0.25) is 0 Å². The topological polar surface area (TPSA) is 128 Å². The van der Waals surface area contributed by atoms with Gasteiger partial charge in [-0.2, -0.15) is 4.72 Å². The molecule has 100 valence electrons.